The van der Waals surface area contributed by atoms with Crippen LogP contribution in [0.5, 0.6) is 0 Å². The fourth-order valence-electron chi connectivity index (χ4n) is 5.59. The summed E-state index contributed by atoms with van der Waals surface area (Å²) in [6.45, 7) is -4.27. The molecular weight excluding hydrogens is 627 g/mol. The van der Waals surface area contributed by atoms with Crippen LogP contribution in [0.15, 0.2) is 43.4 Å². The summed E-state index contributed by atoms with van der Waals surface area (Å²) in [5.41, 5.74) is 7.73. The summed E-state index contributed by atoms with van der Waals surface area (Å²) < 4.78 is 64.3. The van der Waals surface area contributed by atoms with Crippen LogP contribution >= 0.6 is 27.3 Å². The third kappa shape index (κ3) is 6.54. The lowest BCUT2D eigenvalue weighted by molar-refractivity contribution is -0.0332. The number of rotatable bonds is 12. The van der Waals surface area contributed by atoms with Gasteiger partial charge in [-0.2, -0.15) is 0 Å². The second kappa shape index (κ2) is 12.3. The number of hydrogen-bond acceptors (Lipinski definition) is 11. The summed E-state index contributed by atoms with van der Waals surface area (Å²) in [7, 11) is -3.02. The smallest absolute Gasteiger partial charge is 0.364 e. The van der Waals surface area contributed by atoms with Crippen LogP contribution in [0.25, 0.3) is 16.8 Å². The third-order valence-corrected chi connectivity index (χ3v) is 9.37. The predicted molar refractivity (Wildman–Crippen MR) is 152 cm³/mol. The Labute approximate surface area is 249 Å². The second-order valence-electron chi connectivity index (χ2n) is 10.4. The van der Waals surface area contributed by atoms with E-state index in [-0.39, 0.29) is 49.7 Å². The normalized spacial score (nSPS) is 27.7. The van der Waals surface area contributed by atoms with Crippen LogP contribution in [-0.4, -0.2) is 71.8 Å². The lowest BCUT2D eigenvalue weighted by atomic mass is 9.63. The molecule has 4 aromatic heterocycles. The number of carbonyl (C=O) groups excluding carboxylic acids is 1. The number of ether oxygens (including phenoxy) is 1. The number of amides is 1. The molecule has 3 N–H and O–H groups in total. The Bertz CT molecular complexity index is 1720. The van der Waals surface area contributed by atoms with Gasteiger partial charge >= 0.3 is 15.1 Å². The van der Waals surface area contributed by atoms with Crippen molar-refractivity contribution in [2.45, 2.75) is 37.3 Å². The predicted octanol–water partition coefficient (Wildman–Crippen LogP) is 3.09. The zero-order valence-corrected chi connectivity index (χ0v) is 25.2. The molecule has 2 fully saturated rings. The minimum Gasteiger partial charge on any atom is -0.364 e. The highest BCUT2D eigenvalue weighted by molar-refractivity contribution is 8.44. The van der Waals surface area contributed by atoms with Crippen LogP contribution in [0.1, 0.15) is 41.0 Å². The van der Waals surface area contributed by atoms with Crippen molar-refractivity contribution in [3.63, 3.8) is 0 Å². The molecule has 1 saturated heterocycles. The average Bonchev–Trinajstić information content (AvgIpc) is 3.68. The Morgan fingerprint density at radius 3 is 2.77 bits per heavy atom. The molecule has 2 unspecified atom stereocenters. The van der Waals surface area contributed by atoms with E-state index in [1.54, 1.807) is 35.3 Å². The summed E-state index contributed by atoms with van der Waals surface area (Å²) in [5, 5.41) is 0. The quantitative estimate of drug-likeness (QED) is 0.149. The number of halogens is 1. The van der Waals surface area contributed by atoms with Gasteiger partial charge in [0.2, 0.25) is 0 Å². The number of carbonyl (C=O) groups is 1. The number of aromatic nitrogens is 6. The van der Waals surface area contributed by atoms with Crippen LogP contribution in [0.3, 0.4) is 0 Å². The van der Waals surface area contributed by atoms with Gasteiger partial charge in [0.05, 0.1) is 32.3 Å². The number of hydrogen-bond donors (Lipinski definition) is 3. The lowest BCUT2D eigenvalue weighted by Gasteiger charge is -2.44. The summed E-state index contributed by atoms with van der Waals surface area (Å²) in [6, 6.07) is 3.30. The number of nitrogens with zero attached hydrogens (tertiary/aromatic N) is 6. The van der Waals surface area contributed by atoms with Gasteiger partial charge in [-0.3, -0.25) is 23.3 Å². The van der Waals surface area contributed by atoms with Crippen molar-refractivity contribution in [2.75, 3.05) is 19.8 Å². The second-order valence-corrected chi connectivity index (χ2v) is 14.2. The molecule has 1 aliphatic carbocycles. The first kappa shape index (κ1) is 30.3. The maximum Gasteiger partial charge on any atom is 0.383 e. The molecule has 43 heavy (non-hydrogen) atoms. The molecule has 0 aromatic carbocycles. The number of imidazole rings is 2. The summed E-state index contributed by atoms with van der Waals surface area (Å²) in [5.74, 6) is -1.32. The Kier molecular flexibility index (Phi) is 8.68. The number of alkyl halides is 1. The van der Waals surface area contributed by atoms with E-state index in [2.05, 4.69) is 32.2 Å². The summed E-state index contributed by atoms with van der Waals surface area (Å²) >= 11 is 3.55. The highest BCUT2D eigenvalue weighted by Crippen LogP contribution is 2.53. The Hall–Kier alpha value is -2.75. The Balaban J connectivity index is 1.05. The molecule has 19 heteroatoms. The topological polar surface area (TPSA) is 195 Å². The Morgan fingerprint density at radius 1 is 1.16 bits per heavy atom. The van der Waals surface area contributed by atoms with Gasteiger partial charge in [-0.05, 0) is 41.9 Å². The van der Waals surface area contributed by atoms with Gasteiger partial charge in [0.15, 0.2) is 23.0 Å². The molecule has 4 aromatic rings. The van der Waals surface area contributed by atoms with Gasteiger partial charge in [-0.1, -0.05) is 12.2 Å². The first-order valence-electron chi connectivity index (χ1n) is 13.3. The third-order valence-electron chi connectivity index (χ3n) is 7.74. The summed E-state index contributed by atoms with van der Waals surface area (Å²) in [4.78, 5) is 37.9. The maximum atomic E-state index is 15.0. The zero-order chi connectivity index (χ0) is 30.3. The van der Waals surface area contributed by atoms with E-state index in [1.807, 2.05) is 0 Å². The van der Waals surface area contributed by atoms with Crippen LogP contribution < -0.4 is 5.73 Å². The van der Waals surface area contributed by atoms with Gasteiger partial charge in [0, 0.05) is 25.0 Å². The molecule has 230 valence electrons. The molecule has 1 saturated carbocycles. The molecule has 15 nitrogen and oxygen atoms in total. The molecule has 1 amide bonds. The van der Waals surface area contributed by atoms with Crippen molar-refractivity contribution in [3.05, 3.63) is 54.6 Å². The van der Waals surface area contributed by atoms with Crippen LogP contribution in [0, 0.1) is 11.8 Å². The van der Waals surface area contributed by atoms with Crippen molar-refractivity contribution in [3.8, 4) is 0 Å². The first-order chi connectivity index (χ1) is 20.6. The van der Waals surface area contributed by atoms with Gasteiger partial charge in [0.1, 0.15) is 18.2 Å². The van der Waals surface area contributed by atoms with E-state index in [0.717, 1.165) is 5.56 Å². The standard InChI is InChI=1S/C24H28FN7O8P2S/c25-18-7-15(40-24(18)32-12-29-20-22-28-3-4-31(22)11-30-23(20)32)9-37-41(34)38-10-17-14(8-39-42(35,36)43)5-16(17)13-1-2-27-19(6-13)21(26)33/h1-4,6,11-12,14-18,24,41H,5,7-10H2,(H2,26,33)(H2,35,36,43)/t14-,15+,16+,17-,18-,24-/m1/s1. The number of thiol groups is 1. The molecule has 8 atom stereocenters. The van der Waals surface area contributed by atoms with E-state index in [0.29, 0.717) is 23.2 Å². The number of nitrogens with two attached hydrogens (primary N) is 1. The van der Waals surface area contributed by atoms with E-state index in [9.17, 15) is 18.8 Å². The Morgan fingerprint density at radius 2 is 1.98 bits per heavy atom. The molecule has 0 radical (unpaired) electrons. The van der Waals surface area contributed by atoms with Crippen molar-refractivity contribution >= 4 is 50.0 Å². The summed E-state index contributed by atoms with van der Waals surface area (Å²) in [6.07, 6.45) is 5.30. The lowest BCUT2D eigenvalue weighted by Crippen LogP contribution is -2.40. The maximum absolute atomic E-state index is 15.0. The molecule has 6 rings (SSSR count). The van der Waals surface area contributed by atoms with Gasteiger partial charge < -0.3 is 28.9 Å². The van der Waals surface area contributed by atoms with Gasteiger partial charge in [0.25, 0.3) is 5.91 Å². The zero-order valence-electron chi connectivity index (χ0n) is 22.4. The molecule has 0 bridgehead atoms. The van der Waals surface area contributed by atoms with Crippen molar-refractivity contribution in [2.24, 2.45) is 17.6 Å². The van der Waals surface area contributed by atoms with Crippen LogP contribution in [0.4, 0.5) is 4.39 Å². The van der Waals surface area contributed by atoms with Crippen molar-refractivity contribution in [1.29, 1.82) is 0 Å². The minimum atomic E-state index is -4.01. The van der Waals surface area contributed by atoms with Crippen LogP contribution in [-0.2, 0) is 27.4 Å². The van der Waals surface area contributed by atoms with Gasteiger partial charge in [-0.25, -0.2) is 23.9 Å². The SMILES string of the molecule is NC(=O)c1cc([C@@H]2C[C@H](COP(=O)(O)S)[C@H]2CO[PH](=O)OC[C@@H]2C[C@@H](F)[C@H](n3cnc4c3ncn3ccnc43)O2)ccn1. The van der Waals surface area contributed by atoms with E-state index >= 15 is 4.39 Å². The van der Waals surface area contributed by atoms with Crippen LogP contribution in [0.2, 0.25) is 0 Å². The minimum absolute atomic E-state index is 0.00437. The first-order valence-corrected chi connectivity index (χ1v) is 17.2. The fourth-order valence-corrected chi connectivity index (χ4v) is 6.91. The number of fused-ring (bicyclic) bond motifs is 3. The van der Waals surface area contributed by atoms with Gasteiger partial charge in [-0.15, -0.1) is 0 Å². The largest absolute Gasteiger partial charge is 0.383 e. The highest BCUT2D eigenvalue weighted by atomic mass is 32.7. The monoisotopic (exact) mass is 655 g/mol. The fraction of sp³-hybridized carbons (Fsp3) is 0.458. The molecule has 1 aliphatic heterocycles. The van der Waals surface area contributed by atoms with E-state index in [1.165, 1.54) is 17.1 Å². The average molecular weight is 656 g/mol. The molecule has 0 spiro atoms. The van der Waals surface area contributed by atoms with Crippen molar-refractivity contribution < 1.29 is 41.5 Å². The highest BCUT2D eigenvalue weighted by Gasteiger charge is 2.43. The van der Waals surface area contributed by atoms with Crippen molar-refractivity contribution in [1.82, 2.24) is 28.9 Å². The number of primary amides is 1. The van der Waals surface area contributed by atoms with E-state index in [4.69, 9.17) is 24.0 Å². The van der Waals surface area contributed by atoms with E-state index < -0.39 is 39.5 Å². The molecular formula is C24H28FN7O8P2S. The molecule has 2 aliphatic rings. The number of pyridine rings is 1. The molecule has 5 heterocycles.